The lowest BCUT2D eigenvalue weighted by Gasteiger charge is -2.17. The maximum absolute atomic E-state index is 11.8. The molecule has 2 heterocycles. The summed E-state index contributed by atoms with van der Waals surface area (Å²) in [7, 11) is 0. The summed E-state index contributed by atoms with van der Waals surface area (Å²) in [4.78, 5) is 22.2. The van der Waals surface area contributed by atoms with Gasteiger partial charge in [-0.05, 0) is 29.7 Å². The van der Waals surface area contributed by atoms with Gasteiger partial charge in [0.1, 0.15) is 5.82 Å². The number of amides is 2. The standard InChI is InChI=1S/C21H21N5O.C3H8/c1-15(16-7-9-18(10-8-16)17-5-3-2-4-6-17)24-20-22-12-11-19(25-20)26-14-13-23-21(26)27;1-3-2/h2-12,15H,13-14H2,1H3,(H,23,27)(H,22,24,25);3H2,1-2H3. The van der Waals surface area contributed by atoms with Gasteiger partial charge < -0.3 is 10.6 Å². The molecular weight excluding hydrogens is 374 g/mol. The fourth-order valence-electron chi connectivity index (χ4n) is 3.13. The Morgan fingerprint density at radius 1 is 1.03 bits per heavy atom. The molecule has 0 radical (unpaired) electrons. The number of urea groups is 1. The van der Waals surface area contributed by atoms with E-state index in [1.807, 2.05) is 18.2 Å². The van der Waals surface area contributed by atoms with E-state index in [1.54, 1.807) is 17.2 Å². The Kier molecular flexibility index (Phi) is 7.38. The van der Waals surface area contributed by atoms with Crippen LogP contribution < -0.4 is 15.5 Å². The molecule has 1 atom stereocenters. The first kappa shape index (κ1) is 21.3. The summed E-state index contributed by atoms with van der Waals surface area (Å²) in [6, 6.07) is 20.4. The Morgan fingerprint density at radius 3 is 2.33 bits per heavy atom. The molecule has 1 fully saturated rings. The predicted octanol–water partition coefficient (Wildman–Crippen LogP) is 5.26. The largest absolute Gasteiger partial charge is 0.348 e. The lowest BCUT2D eigenvalue weighted by atomic mass is 10.0. The quantitative estimate of drug-likeness (QED) is 0.609. The van der Waals surface area contributed by atoms with Gasteiger partial charge in [-0.15, -0.1) is 0 Å². The van der Waals surface area contributed by atoms with E-state index in [4.69, 9.17) is 0 Å². The number of aromatic nitrogens is 2. The highest BCUT2D eigenvalue weighted by atomic mass is 16.2. The first-order valence-corrected chi connectivity index (χ1v) is 10.4. The van der Waals surface area contributed by atoms with Crippen molar-refractivity contribution in [2.24, 2.45) is 0 Å². The van der Waals surface area contributed by atoms with Crippen LogP contribution in [-0.2, 0) is 0 Å². The zero-order valence-electron chi connectivity index (χ0n) is 17.8. The van der Waals surface area contributed by atoms with Crippen molar-refractivity contribution in [1.29, 1.82) is 0 Å². The normalized spacial score (nSPS) is 13.8. The Morgan fingerprint density at radius 2 is 1.70 bits per heavy atom. The highest BCUT2D eigenvalue weighted by molar-refractivity contribution is 5.93. The minimum absolute atomic E-state index is 0.0393. The molecule has 3 aromatic rings. The molecule has 30 heavy (non-hydrogen) atoms. The van der Waals surface area contributed by atoms with Crippen molar-refractivity contribution in [3.63, 3.8) is 0 Å². The lowest BCUT2D eigenvalue weighted by Crippen LogP contribution is -2.28. The number of rotatable bonds is 5. The van der Waals surface area contributed by atoms with E-state index in [2.05, 4.69) is 77.8 Å². The number of nitrogens with zero attached hydrogens (tertiary/aromatic N) is 3. The van der Waals surface area contributed by atoms with E-state index in [0.29, 0.717) is 24.9 Å². The van der Waals surface area contributed by atoms with Gasteiger partial charge in [0, 0.05) is 19.3 Å². The minimum atomic E-state index is -0.121. The second kappa shape index (κ2) is 10.4. The molecule has 1 saturated heterocycles. The molecule has 6 nitrogen and oxygen atoms in total. The van der Waals surface area contributed by atoms with E-state index < -0.39 is 0 Å². The molecule has 6 heteroatoms. The molecule has 156 valence electrons. The summed E-state index contributed by atoms with van der Waals surface area (Å²) >= 11 is 0. The lowest BCUT2D eigenvalue weighted by molar-refractivity contribution is 0.252. The van der Waals surface area contributed by atoms with Crippen molar-refractivity contribution in [2.45, 2.75) is 33.2 Å². The van der Waals surface area contributed by atoms with Crippen LogP contribution in [-0.4, -0.2) is 29.1 Å². The smallest absolute Gasteiger partial charge is 0.323 e. The molecule has 1 unspecified atom stereocenters. The van der Waals surface area contributed by atoms with Gasteiger partial charge >= 0.3 is 6.03 Å². The summed E-state index contributed by atoms with van der Waals surface area (Å²) in [5.74, 6) is 1.11. The molecule has 2 aromatic carbocycles. The summed E-state index contributed by atoms with van der Waals surface area (Å²) in [6.45, 7) is 7.57. The maximum Gasteiger partial charge on any atom is 0.323 e. The van der Waals surface area contributed by atoms with Crippen LogP contribution in [0.25, 0.3) is 11.1 Å². The molecule has 0 saturated carbocycles. The zero-order valence-corrected chi connectivity index (χ0v) is 17.8. The van der Waals surface area contributed by atoms with Crippen molar-refractivity contribution in [1.82, 2.24) is 15.3 Å². The van der Waals surface area contributed by atoms with Gasteiger partial charge in [0.25, 0.3) is 0 Å². The van der Waals surface area contributed by atoms with Gasteiger partial charge in [0.05, 0.1) is 6.04 Å². The van der Waals surface area contributed by atoms with Gasteiger partial charge in [-0.3, -0.25) is 4.90 Å². The highest BCUT2D eigenvalue weighted by Gasteiger charge is 2.22. The first-order valence-electron chi connectivity index (χ1n) is 10.4. The summed E-state index contributed by atoms with van der Waals surface area (Å²) in [6.07, 6.45) is 2.92. The average Bonchev–Trinajstić information content (AvgIpc) is 3.21. The summed E-state index contributed by atoms with van der Waals surface area (Å²) in [5, 5.41) is 6.09. The van der Waals surface area contributed by atoms with E-state index in [9.17, 15) is 4.79 Å². The number of hydrogen-bond donors (Lipinski definition) is 2. The van der Waals surface area contributed by atoms with Crippen LogP contribution in [0.5, 0.6) is 0 Å². The van der Waals surface area contributed by atoms with Gasteiger partial charge in [-0.25, -0.2) is 9.78 Å². The van der Waals surface area contributed by atoms with E-state index >= 15 is 0 Å². The molecule has 2 N–H and O–H groups in total. The Balaban J connectivity index is 0.000000806. The van der Waals surface area contributed by atoms with Crippen LogP contribution >= 0.6 is 0 Å². The molecule has 1 aliphatic rings. The zero-order chi connectivity index (χ0) is 21.3. The first-order chi connectivity index (χ1) is 14.6. The number of benzene rings is 2. The molecule has 4 rings (SSSR count). The Labute approximate surface area is 178 Å². The van der Waals surface area contributed by atoms with Gasteiger partial charge in [0.15, 0.2) is 0 Å². The topological polar surface area (TPSA) is 70.2 Å². The second-order valence-electron chi connectivity index (χ2n) is 7.18. The van der Waals surface area contributed by atoms with Crippen molar-refractivity contribution in [3.8, 4) is 11.1 Å². The summed E-state index contributed by atoms with van der Waals surface area (Å²) in [5.41, 5.74) is 3.53. The van der Waals surface area contributed by atoms with E-state index in [0.717, 1.165) is 5.56 Å². The van der Waals surface area contributed by atoms with Crippen LogP contribution in [0.15, 0.2) is 66.9 Å². The SMILES string of the molecule is CC(Nc1nccc(N2CCNC2=O)n1)c1ccc(-c2ccccc2)cc1.CCC. The predicted molar refractivity (Wildman–Crippen MR) is 123 cm³/mol. The fourth-order valence-corrected chi connectivity index (χ4v) is 3.13. The van der Waals surface area contributed by atoms with Crippen molar-refractivity contribution in [3.05, 3.63) is 72.4 Å². The third-order valence-electron chi connectivity index (χ3n) is 4.64. The third kappa shape index (κ3) is 5.35. The average molecular weight is 404 g/mol. The number of carbonyl (C=O) groups is 1. The Hall–Kier alpha value is -3.41. The number of hydrogen-bond acceptors (Lipinski definition) is 4. The molecular formula is C24H29N5O. The minimum Gasteiger partial charge on any atom is -0.348 e. The maximum atomic E-state index is 11.8. The number of anilines is 2. The van der Waals surface area contributed by atoms with Crippen LogP contribution in [0.2, 0.25) is 0 Å². The third-order valence-corrected chi connectivity index (χ3v) is 4.64. The fraction of sp³-hybridized carbons (Fsp3) is 0.292. The number of carbonyl (C=O) groups excluding carboxylic acids is 1. The summed E-state index contributed by atoms with van der Waals surface area (Å²) < 4.78 is 0. The van der Waals surface area contributed by atoms with Crippen LogP contribution in [0.1, 0.15) is 38.8 Å². The van der Waals surface area contributed by atoms with Gasteiger partial charge in [0.2, 0.25) is 5.95 Å². The monoisotopic (exact) mass is 403 g/mol. The molecule has 0 bridgehead atoms. The highest BCUT2D eigenvalue weighted by Crippen LogP contribution is 2.24. The molecule has 0 spiro atoms. The van der Waals surface area contributed by atoms with Gasteiger partial charge in [-0.1, -0.05) is 74.9 Å². The molecule has 2 amide bonds. The van der Waals surface area contributed by atoms with Gasteiger partial charge in [-0.2, -0.15) is 4.98 Å². The van der Waals surface area contributed by atoms with Crippen LogP contribution in [0.3, 0.4) is 0 Å². The van der Waals surface area contributed by atoms with Crippen LogP contribution in [0.4, 0.5) is 16.6 Å². The molecule has 1 aliphatic heterocycles. The van der Waals surface area contributed by atoms with Crippen molar-refractivity contribution in [2.75, 3.05) is 23.3 Å². The van der Waals surface area contributed by atoms with E-state index in [1.165, 1.54) is 17.5 Å². The van der Waals surface area contributed by atoms with E-state index in [-0.39, 0.29) is 12.1 Å². The Bertz CT molecular complexity index is 943. The number of nitrogens with one attached hydrogen (secondary N) is 2. The molecule has 1 aromatic heterocycles. The van der Waals surface area contributed by atoms with Crippen molar-refractivity contribution < 1.29 is 4.79 Å². The van der Waals surface area contributed by atoms with Crippen LogP contribution in [0, 0.1) is 0 Å². The second-order valence-corrected chi connectivity index (χ2v) is 7.18. The molecule has 0 aliphatic carbocycles. The van der Waals surface area contributed by atoms with Crippen molar-refractivity contribution >= 4 is 17.8 Å².